The van der Waals surface area contributed by atoms with Crippen molar-refractivity contribution in [3.8, 4) is 0 Å². The van der Waals surface area contributed by atoms with Gasteiger partial charge in [-0.1, -0.05) is 18.3 Å². The first-order valence-corrected chi connectivity index (χ1v) is 7.97. The Hall–Kier alpha value is -0.260. The number of thioether (sulfide) groups is 1. The number of anilines is 1. The molecule has 0 bridgehead atoms. The van der Waals surface area contributed by atoms with Gasteiger partial charge in [-0.25, -0.2) is 0 Å². The molecule has 2 N–H and O–H groups in total. The molecule has 0 amide bonds. The Labute approximate surface area is 120 Å². The summed E-state index contributed by atoms with van der Waals surface area (Å²) in [5.41, 5.74) is 7.96. The van der Waals surface area contributed by atoms with Crippen LogP contribution in [-0.4, -0.2) is 29.6 Å². The quantitative estimate of drug-likeness (QED) is 0.844. The molecule has 0 unspecified atom stereocenters. The maximum Gasteiger partial charge on any atom is 0.107 e. The first kappa shape index (κ1) is 13.2. The molecule has 1 aliphatic rings. The lowest BCUT2D eigenvalue weighted by atomic mass is 10.1. The molecular formula is C12H15BrN2S2. The molecule has 92 valence electrons. The fourth-order valence-electron chi connectivity index (χ4n) is 2.01. The average Bonchev–Trinajstić information content (AvgIpc) is 2.56. The topological polar surface area (TPSA) is 29.3 Å². The van der Waals surface area contributed by atoms with Crippen molar-refractivity contribution in [2.24, 2.45) is 5.73 Å². The standard InChI is InChI=1S/C12H15BrN2S2/c13-9-3-1-4-10(11(9)12(14)16)15-5-2-7-17-8-6-15/h1,3-4H,2,5-8H2,(H2,14,16). The molecule has 17 heavy (non-hydrogen) atoms. The molecule has 1 heterocycles. The highest BCUT2D eigenvalue weighted by atomic mass is 79.9. The Kier molecular flexibility index (Phi) is 4.70. The van der Waals surface area contributed by atoms with Crippen LogP contribution in [0.25, 0.3) is 0 Å². The summed E-state index contributed by atoms with van der Waals surface area (Å²) < 4.78 is 0.986. The van der Waals surface area contributed by atoms with Crippen molar-refractivity contribution in [2.75, 3.05) is 29.5 Å². The molecule has 2 rings (SSSR count). The Balaban J connectivity index is 2.36. The molecular weight excluding hydrogens is 316 g/mol. The van der Waals surface area contributed by atoms with Crippen LogP contribution in [0.3, 0.4) is 0 Å². The van der Waals surface area contributed by atoms with Crippen LogP contribution < -0.4 is 10.6 Å². The van der Waals surface area contributed by atoms with Crippen LogP contribution in [-0.2, 0) is 0 Å². The summed E-state index contributed by atoms with van der Waals surface area (Å²) in [6, 6.07) is 6.14. The van der Waals surface area contributed by atoms with Crippen LogP contribution in [0.5, 0.6) is 0 Å². The summed E-state index contributed by atoms with van der Waals surface area (Å²) in [5.74, 6) is 2.41. The van der Waals surface area contributed by atoms with E-state index in [0.717, 1.165) is 28.8 Å². The van der Waals surface area contributed by atoms with Crippen LogP contribution in [0.4, 0.5) is 5.69 Å². The van der Waals surface area contributed by atoms with Gasteiger partial charge < -0.3 is 10.6 Å². The third-order valence-electron chi connectivity index (χ3n) is 2.80. The molecule has 0 radical (unpaired) electrons. The summed E-state index contributed by atoms with van der Waals surface area (Å²) in [6.45, 7) is 2.15. The van der Waals surface area contributed by atoms with E-state index in [1.165, 1.54) is 17.9 Å². The van der Waals surface area contributed by atoms with E-state index in [0.29, 0.717) is 4.99 Å². The first-order valence-electron chi connectivity index (χ1n) is 5.61. The molecule has 0 spiro atoms. The zero-order chi connectivity index (χ0) is 12.3. The number of thiocarbonyl (C=S) groups is 1. The molecule has 0 atom stereocenters. The van der Waals surface area contributed by atoms with Gasteiger partial charge in [0.2, 0.25) is 0 Å². The highest BCUT2D eigenvalue weighted by Gasteiger charge is 2.16. The summed E-state index contributed by atoms with van der Waals surface area (Å²) in [5, 5.41) is 0. The normalized spacial score (nSPS) is 16.6. The molecule has 2 nitrogen and oxygen atoms in total. The molecule has 1 aromatic rings. The molecule has 5 heteroatoms. The molecule has 1 saturated heterocycles. The van der Waals surface area contributed by atoms with Gasteiger partial charge in [0.15, 0.2) is 0 Å². The molecule has 0 saturated carbocycles. The van der Waals surface area contributed by atoms with E-state index in [1.54, 1.807) is 0 Å². The van der Waals surface area contributed by atoms with Crippen molar-refractivity contribution >= 4 is 50.6 Å². The summed E-state index contributed by atoms with van der Waals surface area (Å²) in [4.78, 5) is 2.85. The van der Waals surface area contributed by atoms with E-state index in [4.69, 9.17) is 18.0 Å². The smallest absolute Gasteiger partial charge is 0.107 e. The van der Waals surface area contributed by atoms with E-state index < -0.39 is 0 Å². The highest BCUT2D eigenvalue weighted by Crippen LogP contribution is 2.29. The van der Waals surface area contributed by atoms with Gasteiger partial charge in [-0.15, -0.1) is 0 Å². The monoisotopic (exact) mass is 330 g/mol. The number of nitrogens with zero attached hydrogens (tertiary/aromatic N) is 1. The van der Waals surface area contributed by atoms with E-state index >= 15 is 0 Å². The van der Waals surface area contributed by atoms with Crippen molar-refractivity contribution in [1.29, 1.82) is 0 Å². The largest absolute Gasteiger partial charge is 0.389 e. The molecule has 1 aliphatic heterocycles. The Morgan fingerprint density at radius 2 is 2.18 bits per heavy atom. The number of hydrogen-bond acceptors (Lipinski definition) is 3. The van der Waals surface area contributed by atoms with Crippen molar-refractivity contribution in [3.05, 3.63) is 28.2 Å². The van der Waals surface area contributed by atoms with E-state index in [2.05, 4.69) is 26.9 Å². The molecule has 0 aliphatic carbocycles. The molecule has 1 aromatic carbocycles. The second-order valence-corrected chi connectivity index (χ2v) is 6.47. The lowest BCUT2D eigenvalue weighted by molar-refractivity contribution is 0.815. The number of halogens is 1. The second-order valence-electron chi connectivity index (χ2n) is 3.95. The van der Waals surface area contributed by atoms with Crippen LogP contribution in [0.2, 0.25) is 0 Å². The minimum absolute atomic E-state index is 0.462. The Morgan fingerprint density at radius 1 is 1.35 bits per heavy atom. The van der Waals surface area contributed by atoms with E-state index in [-0.39, 0.29) is 0 Å². The summed E-state index contributed by atoms with van der Waals surface area (Å²) >= 11 is 10.7. The van der Waals surface area contributed by atoms with Crippen molar-refractivity contribution in [3.63, 3.8) is 0 Å². The predicted molar refractivity (Wildman–Crippen MR) is 84.2 cm³/mol. The van der Waals surface area contributed by atoms with Gasteiger partial charge in [-0.2, -0.15) is 11.8 Å². The maximum absolute atomic E-state index is 5.83. The first-order chi connectivity index (χ1) is 8.20. The van der Waals surface area contributed by atoms with Crippen LogP contribution in [0.15, 0.2) is 22.7 Å². The molecule has 1 fully saturated rings. The molecule has 0 aromatic heterocycles. The van der Waals surface area contributed by atoms with E-state index in [9.17, 15) is 0 Å². The van der Waals surface area contributed by atoms with Gasteiger partial charge in [0.1, 0.15) is 4.99 Å². The fourth-order valence-corrected chi connectivity index (χ4v) is 3.81. The highest BCUT2D eigenvalue weighted by molar-refractivity contribution is 9.10. The van der Waals surface area contributed by atoms with Crippen LogP contribution in [0, 0.1) is 0 Å². The minimum atomic E-state index is 0.462. The minimum Gasteiger partial charge on any atom is -0.389 e. The van der Waals surface area contributed by atoms with Gasteiger partial charge in [0.05, 0.1) is 0 Å². The Morgan fingerprint density at radius 3 is 2.94 bits per heavy atom. The average molecular weight is 331 g/mol. The third kappa shape index (κ3) is 3.14. The third-order valence-corrected chi connectivity index (χ3v) is 4.71. The second kappa shape index (κ2) is 6.07. The van der Waals surface area contributed by atoms with Gasteiger partial charge in [-0.05, 0) is 40.2 Å². The van der Waals surface area contributed by atoms with Crippen LogP contribution >= 0.6 is 39.9 Å². The number of rotatable bonds is 2. The van der Waals surface area contributed by atoms with Gasteiger partial charge in [-0.3, -0.25) is 0 Å². The number of hydrogen-bond donors (Lipinski definition) is 1. The Bertz CT molecular complexity index is 415. The summed E-state index contributed by atoms with van der Waals surface area (Å²) in [7, 11) is 0. The van der Waals surface area contributed by atoms with E-state index in [1.807, 2.05) is 23.9 Å². The van der Waals surface area contributed by atoms with Gasteiger partial charge in [0, 0.05) is 34.6 Å². The summed E-state index contributed by atoms with van der Waals surface area (Å²) in [6.07, 6.45) is 1.22. The van der Waals surface area contributed by atoms with Crippen molar-refractivity contribution < 1.29 is 0 Å². The SMILES string of the molecule is NC(=S)c1c(Br)cccc1N1CCCSCC1. The zero-order valence-electron chi connectivity index (χ0n) is 9.49. The van der Waals surface area contributed by atoms with Crippen molar-refractivity contribution in [2.45, 2.75) is 6.42 Å². The van der Waals surface area contributed by atoms with Gasteiger partial charge >= 0.3 is 0 Å². The lowest BCUT2D eigenvalue weighted by Gasteiger charge is -2.25. The lowest BCUT2D eigenvalue weighted by Crippen LogP contribution is -2.28. The number of nitrogens with two attached hydrogens (primary N) is 1. The van der Waals surface area contributed by atoms with Gasteiger partial charge in [0.25, 0.3) is 0 Å². The fraction of sp³-hybridized carbons (Fsp3) is 0.417. The zero-order valence-corrected chi connectivity index (χ0v) is 12.7. The number of benzene rings is 1. The van der Waals surface area contributed by atoms with Crippen molar-refractivity contribution in [1.82, 2.24) is 0 Å². The predicted octanol–water partition coefficient (Wildman–Crippen LogP) is 3.03. The maximum atomic E-state index is 5.83. The van der Waals surface area contributed by atoms with Crippen LogP contribution in [0.1, 0.15) is 12.0 Å².